The van der Waals surface area contributed by atoms with Crippen LogP contribution in [0.5, 0.6) is 0 Å². The number of hydrogen-bond acceptors (Lipinski definition) is 4. The fraction of sp³-hybridized carbons (Fsp3) is 0.211. The third kappa shape index (κ3) is 4.67. The average Bonchev–Trinajstić information content (AvgIpc) is 3.13. The Morgan fingerprint density at radius 2 is 2.08 bits per heavy atom. The topological polar surface area (TPSA) is 74.5 Å². The summed E-state index contributed by atoms with van der Waals surface area (Å²) in [4.78, 5) is 24.7. The summed E-state index contributed by atoms with van der Waals surface area (Å²) in [5.41, 5.74) is 2.73. The summed E-state index contributed by atoms with van der Waals surface area (Å²) < 4.78 is 5.44. The smallest absolute Gasteiger partial charge is 0.252 e. The van der Waals surface area contributed by atoms with Crippen molar-refractivity contribution >= 4 is 12.3 Å². The molecule has 3 aromatic rings. The molecule has 0 amide bonds. The first-order valence-electron chi connectivity index (χ1n) is 8.04. The average molecular weight is 336 g/mol. The molecule has 1 aromatic carbocycles. The monoisotopic (exact) mass is 336 g/mol. The Morgan fingerprint density at radius 1 is 1.20 bits per heavy atom. The highest BCUT2D eigenvalue weighted by Gasteiger charge is 2.04. The summed E-state index contributed by atoms with van der Waals surface area (Å²) in [6.45, 7) is 0. The molecule has 3 rings (SSSR count). The number of rotatable bonds is 6. The van der Waals surface area contributed by atoms with Crippen molar-refractivity contribution in [3.63, 3.8) is 0 Å². The molecule has 0 atom stereocenters. The molecule has 0 fully saturated rings. The number of hydrogen-bond donors (Lipinski definition) is 1. The first kappa shape index (κ1) is 16.7. The second kappa shape index (κ2) is 7.61. The van der Waals surface area contributed by atoms with E-state index in [9.17, 15) is 4.79 Å². The number of aliphatic imine (C=N–C) groups is 1. The molecule has 6 heteroatoms. The minimum Gasteiger partial charge on any atom is -0.464 e. The largest absolute Gasteiger partial charge is 0.464 e. The van der Waals surface area contributed by atoms with Crippen molar-refractivity contribution in [1.82, 2.24) is 14.9 Å². The molecule has 6 nitrogen and oxygen atoms in total. The summed E-state index contributed by atoms with van der Waals surface area (Å²) in [5, 5.41) is 0. The van der Waals surface area contributed by atoms with Gasteiger partial charge >= 0.3 is 0 Å². The number of nitrogens with zero attached hydrogens (tertiary/aromatic N) is 3. The normalized spacial score (nSPS) is 11.1. The SMILES string of the molecule is CN(C)/C=N/c1nc(CCc2cccc(-c3ccco3)c2)cc(=O)[nH]1. The van der Waals surface area contributed by atoms with E-state index >= 15 is 0 Å². The summed E-state index contributed by atoms with van der Waals surface area (Å²) in [5.74, 6) is 1.16. The fourth-order valence-electron chi connectivity index (χ4n) is 2.45. The molecule has 2 heterocycles. The minimum absolute atomic E-state index is 0.194. The van der Waals surface area contributed by atoms with Gasteiger partial charge in [-0.3, -0.25) is 9.78 Å². The van der Waals surface area contributed by atoms with Crippen LogP contribution in [0.25, 0.3) is 11.3 Å². The molecular formula is C19H20N4O2. The maximum Gasteiger partial charge on any atom is 0.252 e. The number of aromatic amines is 1. The Bertz CT molecular complexity index is 911. The molecule has 0 aliphatic rings. The van der Waals surface area contributed by atoms with Gasteiger partial charge in [-0.05, 0) is 36.6 Å². The van der Waals surface area contributed by atoms with Gasteiger partial charge in [-0.2, -0.15) is 0 Å². The second-order valence-corrected chi connectivity index (χ2v) is 5.95. The molecule has 1 N–H and O–H groups in total. The van der Waals surface area contributed by atoms with Crippen LogP contribution in [0, 0.1) is 0 Å². The minimum atomic E-state index is -0.194. The van der Waals surface area contributed by atoms with Crippen molar-refractivity contribution in [3.8, 4) is 11.3 Å². The number of H-pyrrole nitrogens is 1. The van der Waals surface area contributed by atoms with E-state index < -0.39 is 0 Å². The van der Waals surface area contributed by atoms with Gasteiger partial charge in [0.2, 0.25) is 5.95 Å². The van der Waals surface area contributed by atoms with E-state index in [-0.39, 0.29) is 5.56 Å². The van der Waals surface area contributed by atoms with Gasteiger partial charge in [0.15, 0.2) is 0 Å². The Labute approximate surface area is 145 Å². The zero-order valence-corrected chi connectivity index (χ0v) is 14.3. The summed E-state index contributed by atoms with van der Waals surface area (Å²) in [7, 11) is 3.72. The molecule has 128 valence electrons. The van der Waals surface area contributed by atoms with Gasteiger partial charge in [-0.1, -0.05) is 18.2 Å². The molecule has 0 saturated heterocycles. The molecule has 0 spiro atoms. The molecule has 0 saturated carbocycles. The molecule has 2 aromatic heterocycles. The number of aromatic nitrogens is 2. The van der Waals surface area contributed by atoms with E-state index in [1.54, 1.807) is 17.5 Å². The number of aryl methyl sites for hydroxylation is 2. The third-order valence-electron chi connectivity index (χ3n) is 3.60. The van der Waals surface area contributed by atoms with Crippen molar-refractivity contribution in [2.75, 3.05) is 14.1 Å². The highest BCUT2D eigenvalue weighted by Crippen LogP contribution is 2.21. The highest BCUT2D eigenvalue weighted by atomic mass is 16.3. The Hall–Kier alpha value is -3.15. The standard InChI is InChI=1S/C19H20N4O2/c1-23(2)13-20-19-21-16(12-18(24)22-19)9-8-14-5-3-6-15(11-14)17-7-4-10-25-17/h3-7,10-13H,8-9H2,1-2H3,(H,21,22,24)/b20-13+. The first-order chi connectivity index (χ1) is 12.1. The Balaban J connectivity index is 1.73. The van der Waals surface area contributed by atoms with Crippen LogP contribution in [0.4, 0.5) is 5.95 Å². The van der Waals surface area contributed by atoms with Crippen LogP contribution in [-0.2, 0) is 12.8 Å². The molecule has 0 aliphatic carbocycles. The fourth-order valence-corrected chi connectivity index (χ4v) is 2.45. The number of nitrogens with one attached hydrogen (secondary N) is 1. The lowest BCUT2D eigenvalue weighted by Crippen LogP contribution is -2.11. The van der Waals surface area contributed by atoms with Crippen molar-refractivity contribution in [2.45, 2.75) is 12.8 Å². The van der Waals surface area contributed by atoms with Gasteiger partial charge < -0.3 is 9.32 Å². The molecular weight excluding hydrogens is 316 g/mol. The zero-order valence-electron chi connectivity index (χ0n) is 14.3. The molecule has 25 heavy (non-hydrogen) atoms. The van der Waals surface area contributed by atoms with Gasteiger partial charge in [-0.15, -0.1) is 0 Å². The van der Waals surface area contributed by atoms with E-state index in [1.165, 1.54) is 6.07 Å². The van der Waals surface area contributed by atoms with Crippen LogP contribution in [0.15, 0.2) is 62.9 Å². The van der Waals surface area contributed by atoms with E-state index in [2.05, 4.69) is 27.1 Å². The van der Waals surface area contributed by atoms with Gasteiger partial charge in [-0.25, -0.2) is 9.98 Å². The van der Waals surface area contributed by atoms with Crippen LogP contribution in [0.3, 0.4) is 0 Å². The van der Waals surface area contributed by atoms with E-state index in [0.29, 0.717) is 12.4 Å². The summed E-state index contributed by atoms with van der Waals surface area (Å²) in [6, 6.07) is 13.5. The molecule has 0 unspecified atom stereocenters. The van der Waals surface area contributed by atoms with Crippen LogP contribution in [0.2, 0.25) is 0 Å². The summed E-state index contributed by atoms with van der Waals surface area (Å²) in [6.07, 6.45) is 4.71. The second-order valence-electron chi connectivity index (χ2n) is 5.95. The van der Waals surface area contributed by atoms with Crippen LogP contribution >= 0.6 is 0 Å². The maximum absolute atomic E-state index is 11.8. The lowest BCUT2D eigenvalue weighted by Gasteiger charge is -2.05. The zero-order chi connectivity index (χ0) is 17.6. The predicted molar refractivity (Wildman–Crippen MR) is 98.2 cm³/mol. The number of furan rings is 1. The van der Waals surface area contributed by atoms with Crippen molar-refractivity contribution < 1.29 is 4.42 Å². The molecule has 0 aliphatic heterocycles. The van der Waals surface area contributed by atoms with Crippen molar-refractivity contribution in [1.29, 1.82) is 0 Å². The molecule has 0 radical (unpaired) electrons. The van der Waals surface area contributed by atoms with Crippen molar-refractivity contribution in [2.24, 2.45) is 4.99 Å². The summed E-state index contributed by atoms with van der Waals surface area (Å²) >= 11 is 0. The Kier molecular flexibility index (Phi) is 5.09. The van der Waals surface area contributed by atoms with Crippen LogP contribution < -0.4 is 5.56 Å². The lowest BCUT2D eigenvalue weighted by atomic mass is 10.0. The van der Waals surface area contributed by atoms with Gasteiger partial charge in [0.25, 0.3) is 5.56 Å². The van der Waals surface area contributed by atoms with E-state index in [4.69, 9.17) is 4.42 Å². The maximum atomic E-state index is 11.8. The predicted octanol–water partition coefficient (Wildman–Crippen LogP) is 3.04. The quantitative estimate of drug-likeness (QED) is 0.554. The third-order valence-corrected chi connectivity index (χ3v) is 3.60. The van der Waals surface area contributed by atoms with Gasteiger partial charge in [0.1, 0.15) is 5.76 Å². The first-order valence-corrected chi connectivity index (χ1v) is 8.04. The van der Waals surface area contributed by atoms with Crippen LogP contribution in [-0.4, -0.2) is 35.3 Å². The van der Waals surface area contributed by atoms with Crippen LogP contribution in [0.1, 0.15) is 11.3 Å². The number of benzene rings is 1. The van der Waals surface area contributed by atoms with Gasteiger partial charge in [0.05, 0.1) is 18.3 Å². The van der Waals surface area contributed by atoms with Gasteiger partial charge in [0, 0.05) is 25.7 Å². The Morgan fingerprint density at radius 3 is 2.84 bits per heavy atom. The lowest BCUT2D eigenvalue weighted by molar-refractivity contribution is 0.582. The van der Waals surface area contributed by atoms with E-state index in [1.807, 2.05) is 38.4 Å². The molecule has 0 bridgehead atoms. The highest BCUT2D eigenvalue weighted by molar-refractivity contribution is 5.58. The van der Waals surface area contributed by atoms with Crippen molar-refractivity contribution in [3.05, 3.63) is 70.3 Å². The van der Waals surface area contributed by atoms with E-state index in [0.717, 1.165) is 29.0 Å².